The van der Waals surface area contributed by atoms with Crippen molar-refractivity contribution in [2.45, 2.75) is 32.6 Å². The minimum absolute atomic E-state index is 0.0245. The van der Waals surface area contributed by atoms with Gasteiger partial charge in [0.05, 0.1) is 6.42 Å². The second-order valence-corrected chi connectivity index (χ2v) is 5.44. The average molecular weight is 266 g/mol. The van der Waals surface area contributed by atoms with Crippen LogP contribution in [0.3, 0.4) is 0 Å². The summed E-state index contributed by atoms with van der Waals surface area (Å²) in [7, 11) is 1.70. The zero-order valence-electron chi connectivity index (χ0n) is 9.97. The lowest BCUT2D eigenvalue weighted by molar-refractivity contribution is -0.137. The smallest absolute Gasteiger partial charge is 0.326 e. The number of hydrogen-bond acceptors (Lipinski definition) is 3. The summed E-state index contributed by atoms with van der Waals surface area (Å²) in [6.07, 6.45) is -4.85. The molecule has 0 fully saturated rings. The van der Waals surface area contributed by atoms with Crippen molar-refractivity contribution in [2.75, 3.05) is 13.6 Å². The van der Waals surface area contributed by atoms with Crippen LogP contribution in [-0.4, -0.2) is 24.7 Å². The van der Waals surface area contributed by atoms with Crippen molar-refractivity contribution < 1.29 is 13.2 Å². The fraction of sp³-hybridized carbons (Fsp3) is 0.636. The lowest BCUT2D eigenvalue weighted by Crippen LogP contribution is -2.24. The first-order chi connectivity index (χ1) is 7.81. The largest absolute Gasteiger partial charge is 0.390 e. The van der Waals surface area contributed by atoms with E-state index in [0.29, 0.717) is 13.1 Å². The molecule has 1 aromatic rings. The van der Waals surface area contributed by atoms with E-state index in [2.05, 4.69) is 0 Å². The molecule has 0 unspecified atom stereocenters. The summed E-state index contributed by atoms with van der Waals surface area (Å²) in [5.74, 6) is 0. The third-order valence-corrected chi connectivity index (χ3v) is 3.61. The summed E-state index contributed by atoms with van der Waals surface area (Å²) in [4.78, 5) is 3.88. The molecule has 1 heterocycles. The molecule has 2 nitrogen and oxygen atoms in total. The third kappa shape index (κ3) is 5.06. The summed E-state index contributed by atoms with van der Waals surface area (Å²) < 4.78 is 36.2. The molecule has 0 atom stereocenters. The zero-order valence-corrected chi connectivity index (χ0v) is 10.8. The number of rotatable bonds is 5. The molecule has 0 saturated heterocycles. The predicted molar refractivity (Wildman–Crippen MR) is 64.0 cm³/mol. The normalized spacial score (nSPS) is 12.4. The summed E-state index contributed by atoms with van der Waals surface area (Å²) >= 11 is 1.61. The fourth-order valence-electron chi connectivity index (χ4n) is 1.53. The molecule has 0 aromatic carbocycles. The topological polar surface area (TPSA) is 29.3 Å². The summed E-state index contributed by atoms with van der Waals surface area (Å²) in [6, 6.07) is 1.98. The quantitative estimate of drug-likeness (QED) is 0.888. The highest BCUT2D eigenvalue weighted by atomic mass is 32.1. The van der Waals surface area contributed by atoms with E-state index < -0.39 is 12.6 Å². The van der Waals surface area contributed by atoms with Crippen molar-refractivity contribution in [1.82, 2.24) is 4.90 Å². The molecule has 0 amide bonds. The van der Waals surface area contributed by atoms with Gasteiger partial charge in [-0.15, -0.1) is 11.3 Å². The van der Waals surface area contributed by atoms with Crippen LogP contribution in [0.4, 0.5) is 13.2 Å². The number of nitrogens with two attached hydrogens (primary N) is 1. The van der Waals surface area contributed by atoms with Crippen LogP contribution in [0.25, 0.3) is 0 Å². The molecule has 0 aliphatic carbocycles. The van der Waals surface area contributed by atoms with Gasteiger partial charge in [0.15, 0.2) is 0 Å². The maximum atomic E-state index is 12.1. The Kier molecular flexibility index (Phi) is 4.97. The van der Waals surface area contributed by atoms with Gasteiger partial charge in [-0.1, -0.05) is 0 Å². The lowest BCUT2D eigenvalue weighted by Gasteiger charge is -2.17. The molecule has 1 aromatic heterocycles. The maximum absolute atomic E-state index is 12.1. The Labute approximate surface area is 103 Å². The Bertz CT molecular complexity index is 360. The number of aryl methyl sites for hydroxylation is 1. The molecule has 17 heavy (non-hydrogen) atoms. The Morgan fingerprint density at radius 2 is 2.06 bits per heavy atom. The molecular formula is C11H17F3N2S. The zero-order chi connectivity index (χ0) is 13.1. The first-order valence-corrected chi connectivity index (χ1v) is 6.17. The van der Waals surface area contributed by atoms with E-state index in [-0.39, 0.29) is 6.54 Å². The molecule has 0 spiro atoms. The second-order valence-electron chi connectivity index (χ2n) is 4.10. The van der Waals surface area contributed by atoms with Gasteiger partial charge >= 0.3 is 6.18 Å². The van der Waals surface area contributed by atoms with Crippen LogP contribution in [0.1, 0.15) is 21.7 Å². The van der Waals surface area contributed by atoms with Gasteiger partial charge in [-0.25, -0.2) is 0 Å². The van der Waals surface area contributed by atoms with Gasteiger partial charge in [0.2, 0.25) is 0 Å². The standard InChI is InChI=1S/C11H17F3N2S/c1-8-9(5-10(6-15)17-8)7-16(2)4-3-11(12,13)14/h5H,3-4,6-7,15H2,1-2H3. The van der Waals surface area contributed by atoms with E-state index in [1.807, 2.05) is 13.0 Å². The van der Waals surface area contributed by atoms with Gasteiger partial charge in [0.1, 0.15) is 0 Å². The van der Waals surface area contributed by atoms with Crippen LogP contribution in [0.2, 0.25) is 0 Å². The van der Waals surface area contributed by atoms with Gasteiger partial charge in [0.25, 0.3) is 0 Å². The molecule has 0 saturated carbocycles. The second kappa shape index (κ2) is 5.84. The van der Waals surface area contributed by atoms with E-state index in [0.717, 1.165) is 15.3 Å². The molecule has 2 N–H and O–H groups in total. The van der Waals surface area contributed by atoms with Gasteiger partial charge in [-0.3, -0.25) is 0 Å². The van der Waals surface area contributed by atoms with E-state index in [1.54, 1.807) is 23.3 Å². The Balaban J connectivity index is 2.50. The molecule has 0 bridgehead atoms. The van der Waals surface area contributed by atoms with Gasteiger partial charge in [-0.05, 0) is 25.6 Å². The summed E-state index contributed by atoms with van der Waals surface area (Å²) in [5.41, 5.74) is 6.60. The first kappa shape index (κ1) is 14.5. The van der Waals surface area contributed by atoms with Crippen LogP contribution in [0, 0.1) is 6.92 Å². The van der Waals surface area contributed by atoms with Gasteiger partial charge in [0, 0.05) is 29.4 Å². The van der Waals surface area contributed by atoms with Crippen molar-refractivity contribution in [3.8, 4) is 0 Å². The van der Waals surface area contributed by atoms with E-state index in [4.69, 9.17) is 5.73 Å². The van der Waals surface area contributed by atoms with Crippen molar-refractivity contribution in [2.24, 2.45) is 5.73 Å². The molecular weight excluding hydrogens is 249 g/mol. The maximum Gasteiger partial charge on any atom is 0.390 e. The average Bonchev–Trinajstić information content (AvgIpc) is 2.56. The molecule has 0 aliphatic heterocycles. The van der Waals surface area contributed by atoms with Gasteiger partial charge < -0.3 is 10.6 Å². The highest BCUT2D eigenvalue weighted by Crippen LogP contribution is 2.23. The highest BCUT2D eigenvalue weighted by Gasteiger charge is 2.27. The summed E-state index contributed by atoms with van der Waals surface area (Å²) in [6.45, 7) is 3.02. The van der Waals surface area contributed by atoms with Crippen molar-refractivity contribution in [3.05, 3.63) is 21.4 Å². The highest BCUT2D eigenvalue weighted by molar-refractivity contribution is 7.12. The van der Waals surface area contributed by atoms with Gasteiger partial charge in [-0.2, -0.15) is 13.2 Å². The van der Waals surface area contributed by atoms with Crippen LogP contribution >= 0.6 is 11.3 Å². The van der Waals surface area contributed by atoms with E-state index >= 15 is 0 Å². The molecule has 6 heteroatoms. The predicted octanol–water partition coefficient (Wildman–Crippen LogP) is 2.90. The Hall–Kier alpha value is -0.590. The van der Waals surface area contributed by atoms with Crippen molar-refractivity contribution >= 4 is 11.3 Å². The monoisotopic (exact) mass is 266 g/mol. The first-order valence-electron chi connectivity index (χ1n) is 5.35. The Morgan fingerprint density at radius 1 is 1.41 bits per heavy atom. The number of nitrogens with zero attached hydrogens (tertiary/aromatic N) is 1. The van der Waals surface area contributed by atoms with Crippen LogP contribution < -0.4 is 5.73 Å². The number of hydrogen-bond donors (Lipinski definition) is 1. The molecule has 1 rings (SSSR count). The number of thiophene rings is 1. The van der Waals surface area contributed by atoms with E-state index in [9.17, 15) is 13.2 Å². The Morgan fingerprint density at radius 3 is 2.53 bits per heavy atom. The minimum Gasteiger partial charge on any atom is -0.326 e. The lowest BCUT2D eigenvalue weighted by atomic mass is 10.2. The van der Waals surface area contributed by atoms with E-state index in [1.165, 1.54) is 0 Å². The van der Waals surface area contributed by atoms with Crippen LogP contribution in [0.15, 0.2) is 6.07 Å². The number of alkyl halides is 3. The van der Waals surface area contributed by atoms with Crippen LogP contribution in [0.5, 0.6) is 0 Å². The fourth-order valence-corrected chi connectivity index (χ4v) is 2.47. The molecule has 98 valence electrons. The third-order valence-electron chi connectivity index (χ3n) is 2.49. The molecule has 0 radical (unpaired) electrons. The van der Waals surface area contributed by atoms with Crippen molar-refractivity contribution in [1.29, 1.82) is 0 Å². The van der Waals surface area contributed by atoms with Crippen molar-refractivity contribution in [3.63, 3.8) is 0 Å². The number of halogens is 3. The SMILES string of the molecule is Cc1sc(CN)cc1CN(C)CCC(F)(F)F. The van der Waals surface area contributed by atoms with Crippen LogP contribution in [-0.2, 0) is 13.1 Å². The summed E-state index contributed by atoms with van der Waals surface area (Å²) in [5, 5.41) is 0. The minimum atomic E-state index is -4.08. The molecule has 0 aliphatic rings.